The van der Waals surface area contributed by atoms with Crippen LogP contribution in [0, 0.1) is 0 Å². The maximum absolute atomic E-state index is 11.7. The highest BCUT2D eigenvalue weighted by Crippen LogP contribution is 2.30. The molecule has 3 heteroatoms. The molecular weight excluding hydrogens is 200 g/mol. The lowest BCUT2D eigenvalue weighted by Crippen LogP contribution is -2.21. The summed E-state index contributed by atoms with van der Waals surface area (Å²) in [4.78, 5) is 11.7. The van der Waals surface area contributed by atoms with Gasteiger partial charge in [0, 0.05) is 14.1 Å². The molecule has 0 saturated heterocycles. The number of amides is 1. The van der Waals surface area contributed by atoms with Gasteiger partial charge in [0.1, 0.15) is 0 Å². The first-order valence-corrected chi connectivity index (χ1v) is 5.82. The first-order valence-electron chi connectivity index (χ1n) is 5.82. The number of hydrogen-bond donors (Lipinski definition) is 2. The van der Waals surface area contributed by atoms with Gasteiger partial charge in [-0.1, -0.05) is 6.07 Å². The van der Waals surface area contributed by atoms with Gasteiger partial charge in [-0.25, -0.2) is 0 Å². The molecule has 0 bridgehead atoms. The van der Waals surface area contributed by atoms with Crippen molar-refractivity contribution in [3.63, 3.8) is 0 Å². The van der Waals surface area contributed by atoms with E-state index in [9.17, 15) is 4.79 Å². The molecule has 3 nitrogen and oxygen atoms in total. The zero-order chi connectivity index (χ0) is 11.5. The molecule has 16 heavy (non-hydrogen) atoms. The van der Waals surface area contributed by atoms with Crippen molar-refractivity contribution in [2.75, 3.05) is 19.4 Å². The van der Waals surface area contributed by atoms with Crippen molar-refractivity contribution in [3.05, 3.63) is 28.8 Å². The van der Waals surface area contributed by atoms with Gasteiger partial charge in [-0.3, -0.25) is 4.79 Å². The number of aryl methyl sites for hydroxylation is 1. The van der Waals surface area contributed by atoms with E-state index in [1.54, 1.807) is 7.05 Å². The molecule has 0 unspecified atom stereocenters. The number of carbonyl (C=O) groups is 1. The summed E-state index contributed by atoms with van der Waals surface area (Å²) >= 11 is 0. The predicted octanol–water partition coefficient (Wildman–Crippen LogP) is 1.97. The minimum absolute atomic E-state index is 0.0160. The van der Waals surface area contributed by atoms with E-state index in [1.165, 1.54) is 24.0 Å². The highest BCUT2D eigenvalue weighted by Gasteiger charge is 2.18. The van der Waals surface area contributed by atoms with Crippen molar-refractivity contribution in [1.29, 1.82) is 0 Å². The van der Waals surface area contributed by atoms with Crippen LogP contribution in [0.15, 0.2) is 12.1 Å². The van der Waals surface area contributed by atoms with Gasteiger partial charge < -0.3 is 10.6 Å². The summed E-state index contributed by atoms with van der Waals surface area (Å²) in [7, 11) is 3.55. The van der Waals surface area contributed by atoms with E-state index in [-0.39, 0.29) is 5.91 Å². The van der Waals surface area contributed by atoms with Crippen LogP contribution in [-0.4, -0.2) is 20.0 Å². The van der Waals surface area contributed by atoms with Crippen molar-refractivity contribution in [2.24, 2.45) is 0 Å². The topological polar surface area (TPSA) is 41.1 Å². The monoisotopic (exact) mass is 218 g/mol. The summed E-state index contributed by atoms with van der Waals surface area (Å²) in [5.41, 5.74) is 4.49. The number of anilines is 1. The molecule has 0 radical (unpaired) electrons. The Kier molecular flexibility index (Phi) is 3.13. The van der Waals surface area contributed by atoms with E-state index >= 15 is 0 Å². The molecule has 0 aliphatic heterocycles. The third-order valence-electron chi connectivity index (χ3n) is 3.25. The summed E-state index contributed by atoms with van der Waals surface area (Å²) in [5, 5.41) is 5.86. The van der Waals surface area contributed by atoms with E-state index in [0.717, 1.165) is 24.1 Å². The summed E-state index contributed by atoms with van der Waals surface area (Å²) < 4.78 is 0. The van der Waals surface area contributed by atoms with E-state index in [2.05, 4.69) is 16.7 Å². The zero-order valence-corrected chi connectivity index (χ0v) is 9.89. The van der Waals surface area contributed by atoms with Crippen LogP contribution in [-0.2, 0) is 12.8 Å². The van der Waals surface area contributed by atoms with Crippen LogP contribution in [0.1, 0.15) is 34.3 Å². The van der Waals surface area contributed by atoms with Gasteiger partial charge in [0.15, 0.2) is 0 Å². The van der Waals surface area contributed by atoms with Crippen molar-refractivity contribution in [1.82, 2.24) is 5.32 Å². The average molecular weight is 218 g/mol. The predicted molar refractivity (Wildman–Crippen MR) is 66.0 cm³/mol. The molecule has 0 spiro atoms. The standard InChI is InChI=1S/C13H18N2O/c1-14-12-10-6-4-3-5-9(10)7-8-11(12)13(16)15-2/h7-8,14H,3-6H2,1-2H3,(H,15,16). The molecule has 2 N–H and O–H groups in total. The minimum atomic E-state index is -0.0160. The van der Waals surface area contributed by atoms with Crippen LogP contribution >= 0.6 is 0 Å². The van der Waals surface area contributed by atoms with Crippen LogP contribution < -0.4 is 10.6 Å². The maximum Gasteiger partial charge on any atom is 0.253 e. The van der Waals surface area contributed by atoms with E-state index in [0.29, 0.717) is 0 Å². The summed E-state index contributed by atoms with van der Waals surface area (Å²) in [5.74, 6) is -0.0160. The number of benzene rings is 1. The molecule has 2 rings (SSSR count). The Hall–Kier alpha value is -1.51. The van der Waals surface area contributed by atoms with Gasteiger partial charge in [0.05, 0.1) is 11.3 Å². The highest BCUT2D eigenvalue weighted by molar-refractivity contribution is 6.00. The zero-order valence-electron chi connectivity index (χ0n) is 9.89. The molecule has 1 amide bonds. The van der Waals surface area contributed by atoms with Crippen LogP contribution in [0.5, 0.6) is 0 Å². The van der Waals surface area contributed by atoms with Gasteiger partial charge in [-0.2, -0.15) is 0 Å². The van der Waals surface area contributed by atoms with Crippen molar-refractivity contribution < 1.29 is 4.79 Å². The van der Waals surface area contributed by atoms with Gasteiger partial charge in [-0.05, 0) is 42.9 Å². The van der Waals surface area contributed by atoms with Crippen molar-refractivity contribution >= 4 is 11.6 Å². The summed E-state index contributed by atoms with van der Waals surface area (Å²) in [6.07, 6.45) is 4.70. The largest absolute Gasteiger partial charge is 0.387 e. The molecule has 1 aliphatic rings. The number of nitrogens with one attached hydrogen (secondary N) is 2. The summed E-state index contributed by atoms with van der Waals surface area (Å²) in [6, 6.07) is 4.02. The number of rotatable bonds is 2. The smallest absolute Gasteiger partial charge is 0.253 e. The molecule has 0 saturated carbocycles. The fraction of sp³-hybridized carbons (Fsp3) is 0.462. The quantitative estimate of drug-likeness (QED) is 0.796. The Bertz CT molecular complexity index is 413. The molecule has 0 atom stereocenters. The number of fused-ring (bicyclic) bond motifs is 1. The molecule has 0 heterocycles. The van der Waals surface area contributed by atoms with Crippen molar-refractivity contribution in [2.45, 2.75) is 25.7 Å². The average Bonchev–Trinajstić information content (AvgIpc) is 2.36. The van der Waals surface area contributed by atoms with Crippen LogP contribution in [0.3, 0.4) is 0 Å². The number of carbonyl (C=O) groups excluding carboxylic acids is 1. The number of hydrogen-bond acceptors (Lipinski definition) is 2. The lowest BCUT2D eigenvalue weighted by atomic mass is 9.88. The maximum atomic E-state index is 11.7. The summed E-state index contributed by atoms with van der Waals surface area (Å²) in [6.45, 7) is 0. The van der Waals surface area contributed by atoms with E-state index < -0.39 is 0 Å². The normalized spacial score (nSPS) is 14.1. The Labute approximate surface area is 96.2 Å². The highest BCUT2D eigenvalue weighted by atomic mass is 16.1. The van der Waals surface area contributed by atoms with Crippen LogP contribution in [0.2, 0.25) is 0 Å². The molecular formula is C13H18N2O. The Morgan fingerprint density at radius 2 is 1.94 bits per heavy atom. The second kappa shape index (κ2) is 4.56. The van der Waals surface area contributed by atoms with Crippen LogP contribution in [0.25, 0.3) is 0 Å². The lowest BCUT2D eigenvalue weighted by Gasteiger charge is -2.21. The Morgan fingerprint density at radius 3 is 2.62 bits per heavy atom. The molecule has 0 aromatic heterocycles. The SMILES string of the molecule is CNC(=O)c1ccc2c(c1NC)CCCC2. The Balaban J connectivity index is 2.51. The first-order chi connectivity index (χ1) is 7.77. The molecule has 1 aromatic rings. The second-order valence-electron chi connectivity index (χ2n) is 4.16. The molecule has 0 fully saturated rings. The van der Waals surface area contributed by atoms with Gasteiger partial charge in [0.25, 0.3) is 5.91 Å². The first kappa shape index (κ1) is 11.0. The fourth-order valence-electron chi connectivity index (χ4n) is 2.44. The lowest BCUT2D eigenvalue weighted by molar-refractivity contribution is 0.0964. The van der Waals surface area contributed by atoms with Crippen molar-refractivity contribution in [3.8, 4) is 0 Å². The van der Waals surface area contributed by atoms with Gasteiger partial charge in [0.2, 0.25) is 0 Å². The minimum Gasteiger partial charge on any atom is -0.387 e. The molecule has 1 aromatic carbocycles. The van der Waals surface area contributed by atoms with Gasteiger partial charge in [-0.15, -0.1) is 0 Å². The van der Waals surface area contributed by atoms with Gasteiger partial charge >= 0.3 is 0 Å². The Morgan fingerprint density at radius 1 is 1.19 bits per heavy atom. The molecule has 1 aliphatic carbocycles. The van der Waals surface area contributed by atoms with E-state index in [1.807, 2.05) is 13.1 Å². The van der Waals surface area contributed by atoms with E-state index in [4.69, 9.17) is 0 Å². The third-order valence-corrected chi connectivity index (χ3v) is 3.25. The second-order valence-corrected chi connectivity index (χ2v) is 4.16. The van der Waals surface area contributed by atoms with Crippen LogP contribution in [0.4, 0.5) is 5.69 Å². The third kappa shape index (κ3) is 1.77. The fourth-order valence-corrected chi connectivity index (χ4v) is 2.44. The molecule has 86 valence electrons.